The van der Waals surface area contributed by atoms with Gasteiger partial charge in [0.15, 0.2) is 0 Å². The number of H-pyrrole nitrogens is 1. The quantitative estimate of drug-likeness (QED) is 0.544. The number of carbonyl (C=O) groups excluding carboxylic acids is 2. The molecular weight excluding hydrogens is 368 g/mol. The van der Waals surface area contributed by atoms with Gasteiger partial charge in [0.1, 0.15) is 11.4 Å². The number of nitrogens with two attached hydrogens (primary N) is 2. The summed E-state index contributed by atoms with van der Waals surface area (Å²) in [5.74, 6) is 4.57. The van der Waals surface area contributed by atoms with Gasteiger partial charge in [-0.25, -0.2) is 9.59 Å². The first-order chi connectivity index (χ1) is 10.9. The van der Waals surface area contributed by atoms with E-state index in [9.17, 15) is 9.59 Å². The molecule has 8 nitrogen and oxygen atoms in total. The number of aromatic amines is 1. The Bertz CT molecular complexity index is 666. The van der Waals surface area contributed by atoms with Crippen molar-refractivity contribution in [3.63, 3.8) is 0 Å². The molecule has 0 radical (unpaired) electrons. The predicted octanol–water partition coefficient (Wildman–Crippen LogP) is 1.91. The molecule has 0 spiro atoms. The maximum atomic E-state index is 11.1. The molecule has 0 unspecified atom stereocenters. The van der Waals surface area contributed by atoms with Crippen LogP contribution in [0.5, 0.6) is 0 Å². The van der Waals surface area contributed by atoms with Crippen molar-refractivity contribution in [2.45, 2.75) is 13.8 Å². The van der Waals surface area contributed by atoms with Crippen molar-refractivity contribution < 1.29 is 19.1 Å². The fourth-order valence-electron chi connectivity index (χ4n) is 1.55. The molecule has 126 valence electrons. The standard InChI is InChI=1S/C7H9BrN2O2.C7H10N2O2/c1-2-12-7(11)6-5(9)4(8)3-10-6;1-2-11-7(10)6-4-3-5-9(6)8/h3,10H,2,9H2,1H3;3-5H,2,8H2,1H3. The van der Waals surface area contributed by atoms with Gasteiger partial charge in [-0.3, -0.25) is 4.68 Å². The number of nitrogens with one attached hydrogen (secondary N) is 1. The molecule has 0 saturated heterocycles. The average Bonchev–Trinajstić information content (AvgIpc) is 3.07. The van der Waals surface area contributed by atoms with Gasteiger partial charge in [0.05, 0.1) is 23.4 Å². The molecule has 5 N–H and O–H groups in total. The van der Waals surface area contributed by atoms with E-state index in [1.807, 2.05) is 0 Å². The molecule has 0 atom stereocenters. The first-order valence-electron chi connectivity index (χ1n) is 6.81. The monoisotopic (exact) mass is 386 g/mol. The summed E-state index contributed by atoms with van der Waals surface area (Å²) in [6, 6.07) is 3.30. The van der Waals surface area contributed by atoms with E-state index in [-0.39, 0.29) is 5.97 Å². The highest BCUT2D eigenvalue weighted by atomic mass is 79.9. The van der Waals surface area contributed by atoms with E-state index in [1.54, 1.807) is 38.4 Å². The zero-order chi connectivity index (χ0) is 17.4. The number of carbonyl (C=O) groups is 2. The second kappa shape index (κ2) is 8.89. The van der Waals surface area contributed by atoms with Gasteiger partial charge in [-0.05, 0) is 41.9 Å². The van der Waals surface area contributed by atoms with Crippen molar-refractivity contribution in [3.8, 4) is 0 Å². The zero-order valence-corrected chi connectivity index (χ0v) is 14.4. The van der Waals surface area contributed by atoms with Gasteiger partial charge in [0.2, 0.25) is 0 Å². The minimum atomic E-state index is -0.430. The number of nitrogens with zero attached hydrogens (tertiary/aromatic N) is 1. The van der Waals surface area contributed by atoms with Gasteiger partial charge in [-0.15, -0.1) is 0 Å². The smallest absolute Gasteiger partial charge is 0.356 e. The Balaban J connectivity index is 0.000000231. The van der Waals surface area contributed by atoms with Crippen LogP contribution in [-0.2, 0) is 9.47 Å². The molecule has 0 saturated carbocycles. The first kappa shape index (κ1) is 18.6. The molecule has 0 aliphatic carbocycles. The second-order valence-corrected chi connectivity index (χ2v) is 5.02. The maximum Gasteiger partial charge on any atom is 0.356 e. The van der Waals surface area contributed by atoms with Crippen LogP contribution in [0, 0.1) is 0 Å². The summed E-state index contributed by atoms with van der Waals surface area (Å²) in [4.78, 5) is 24.8. The third kappa shape index (κ3) is 5.06. The summed E-state index contributed by atoms with van der Waals surface area (Å²) in [7, 11) is 0. The third-order valence-corrected chi connectivity index (χ3v) is 3.27. The lowest BCUT2D eigenvalue weighted by atomic mass is 10.4. The highest BCUT2D eigenvalue weighted by Crippen LogP contribution is 2.22. The van der Waals surface area contributed by atoms with Crippen LogP contribution >= 0.6 is 15.9 Å². The van der Waals surface area contributed by atoms with E-state index < -0.39 is 5.97 Å². The van der Waals surface area contributed by atoms with Gasteiger partial charge in [-0.1, -0.05) is 0 Å². The highest BCUT2D eigenvalue weighted by Gasteiger charge is 2.14. The molecule has 0 fully saturated rings. The summed E-state index contributed by atoms with van der Waals surface area (Å²) >= 11 is 3.17. The number of anilines is 1. The van der Waals surface area contributed by atoms with Crippen LogP contribution in [0.25, 0.3) is 0 Å². The van der Waals surface area contributed by atoms with Crippen molar-refractivity contribution in [1.29, 1.82) is 0 Å². The van der Waals surface area contributed by atoms with Crippen LogP contribution in [0.3, 0.4) is 0 Å². The van der Waals surface area contributed by atoms with E-state index in [0.717, 1.165) is 0 Å². The molecular formula is C14H19BrN4O4. The SMILES string of the molecule is CCOC(=O)c1[nH]cc(Br)c1N.CCOC(=O)c1cccn1N. The fraction of sp³-hybridized carbons (Fsp3) is 0.286. The van der Waals surface area contributed by atoms with Gasteiger partial charge in [-0.2, -0.15) is 0 Å². The maximum absolute atomic E-state index is 11.1. The number of rotatable bonds is 4. The van der Waals surface area contributed by atoms with E-state index >= 15 is 0 Å². The van der Waals surface area contributed by atoms with Gasteiger partial charge < -0.3 is 26.0 Å². The van der Waals surface area contributed by atoms with Crippen molar-refractivity contribution in [2.24, 2.45) is 0 Å². The Hall–Kier alpha value is -2.42. The lowest BCUT2D eigenvalue weighted by Crippen LogP contribution is -2.16. The molecule has 0 aliphatic heterocycles. The topological polar surface area (TPSA) is 125 Å². The average molecular weight is 387 g/mol. The number of halogens is 1. The molecule has 2 aromatic heterocycles. The van der Waals surface area contributed by atoms with Crippen molar-refractivity contribution >= 4 is 33.6 Å². The van der Waals surface area contributed by atoms with E-state index in [2.05, 4.69) is 20.9 Å². The van der Waals surface area contributed by atoms with E-state index in [1.165, 1.54) is 4.68 Å². The largest absolute Gasteiger partial charge is 0.461 e. The van der Waals surface area contributed by atoms with Crippen molar-refractivity contribution in [3.05, 3.63) is 40.4 Å². The number of esters is 2. The lowest BCUT2D eigenvalue weighted by Gasteiger charge is -2.01. The zero-order valence-electron chi connectivity index (χ0n) is 12.8. The number of ether oxygens (including phenoxy) is 2. The molecule has 23 heavy (non-hydrogen) atoms. The Labute approximate surface area is 141 Å². The minimum absolute atomic E-state index is 0.295. The molecule has 9 heteroatoms. The second-order valence-electron chi connectivity index (χ2n) is 4.17. The molecule has 0 bridgehead atoms. The fourth-order valence-corrected chi connectivity index (χ4v) is 1.87. The first-order valence-corrected chi connectivity index (χ1v) is 7.60. The van der Waals surface area contributed by atoms with Crippen LogP contribution in [-0.4, -0.2) is 34.8 Å². The molecule has 0 amide bonds. The van der Waals surface area contributed by atoms with Crippen molar-refractivity contribution in [2.75, 3.05) is 24.8 Å². The summed E-state index contributed by atoms with van der Waals surface area (Å²) in [6.07, 6.45) is 3.19. The molecule has 0 aliphatic rings. The predicted molar refractivity (Wildman–Crippen MR) is 89.4 cm³/mol. The van der Waals surface area contributed by atoms with E-state index in [4.69, 9.17) is 21.1 Å². The molecule has 2 rings (SSSR count). The molecule has 2 aromatic rings. The molecule has 0 aromatic carbocycles. The summed E-state index contributed by atoms with van der Waals surface area (Å²) in [6.45, 7) is 4.20. The normalized spacial score (nSPS) is 9.70. The van der Waals surface area contributed by atoms with E-state index in [0.29, 0.717) is 34.8 Å². The Morgan fingerprint density at radius 2 is 1.87 bits per heavy atom. The van der Waals surface area contributed by atoms with Crippen LogP contribution in [0.2, 0.25) is 0 Å². The van der Waals surface area contributed by atoms with Gasteiger partial charge in [0.25, 0.3) is 0 Å². The summed E-state index contributed by atoms with van der Waals surface area (Å²) in [5.41, 5.74) is 6.60. The van der Waals surface area contributed by atoms with Gasteiger partial charge >= 0.3 is 11.9 Å². The Kier molecular flexibility index (Phi) is 7.20. The summed E-state index contributed by atoms with van der Waals surface area (Å²) < 4.78 is 11.4. The summed E-state index contributed by atoms with van der Waals surface area (Å²) in [5, 5.41) is 0. The number of aromatic nitrogens is 2. The van der Waals surface area contributed by atoms with Gasteiger partial charge in [0, 0.05) is 12.4 Å². The van der Waals surface area contributed by atoms with Crippen molar-refractivity contribution in [1.82, 2.24) is 9.66 Å². The van der Waals surface area contributed by atoms with Crippen LogP contribution in [0.15, 0.2) is 29.0 Å². The van der Waals surface area contributed by atoms with Crippen LogP contribution in [0.4, 0.5) is 5.69 Å². The number of hydrogen-bond donors (Lipinski definition) is 3. The number of hydrogen-bond acceptors (Lipinski definition) is 6. The lowest BCUT2D eigenvalue weighted by molar-refractivity contribution is 0.0509. The van der Waals surface area contributed by atoms with Crippen LogP contribution < -0.4 is 11.6 Å². The number of nitrogen functional groups attached to an aromatic ring is 2. The Morgan fingerprint density at radius 3 is 2.30 bits per heavy atom. The molecule has 2 heterocycles. The highest BCUT2D eigenvalue weighted by molar-refractivity contribution is 9.10. The van der Waals surface area contributed by atoms with Crippen LogP contribution in [0.1, 0.15) is 34.8 Å². The minimum Gasteiger partial charge on any atom is -0.461 e. The third-order valence-electron chi connectivity index (χ3n) is 2.61. The Morgan fingerprint density at radius 1 is 1.26 bits per heavy atom.